The van der Waals surface area contributed by atoms with Crippen molar-refractivity contribution in [3.63, 3.8) is 0 Å². The highest BCUT2D eigenvalue weighted by atomic mass is 16.2. The maximum Gasteiger partial charge on any atom is 0.251 e. The average molecular weight is 333 g/mol. The van der Waals surface area contributed by atoms with E-state index < -0.39 is 0 Å². The van der Waals surface area contributed by atoms with E-state index in [9.17, 15) is 9.59 Å². The molecule has 0 aliphatic carbocycles. The van der Waals surface area contributed by atoms with Gasteiger partial charge in [0.2, 0.25) is 5.91 Å². The molecule has 2 aromatic carbocycles. The number of nitrogens with one attached hydrogen (secondary N) is 1. The Morgan fingerprint density at radius 2 is 1.96 bits per heavy atom. The first-order valence-corrected chi connectivity index (χ1v) is 8.29. The molecule has 1 fully saturated rings. The summed E-state index contributed by atoms with van der Waals surface area (Å²) in [4.78, 5) is 25.9. The van der Waals surface area contributed by atoms with Crippen LogP contribution in [0.25, 0.3) is 0 Å². The zero-order chi connectivity index (χ0) is 17.6. The molecule has 1 aliphatic rings. The lowest BCUT2D eigenvalue weighted by molar-refractivity contribution is -0.128. The molecule has 5 nitrogen and oxygen atoms in total. The Morgan fingerprint density at radius 3 is 2.64 bits per heavy atom. The number of hydrogen-bond acceptors (Lipinski definition) is 3. The highest BCUT2D eigenvalue weighted by Gasteiger charge is 2.20. The number of amides is 2. The maximum atomic E-state index is 12.4. The van der Waals surface area contributed by atoms with Gasteiger partial charge in [0.05, 0.1) is 11.6 Å². The topological polar surface area (TPSA) is 73.2 Å². The normalized spacial score (nSPS) is 13.6. The summed E-state index contributed by atoms with van der Waals surface area (Å²) in [5.74, 6) is 0.0228. The van der Waals surface area contributed by atoms with Gasteiger partial charge in [-0.2, -0.15) is 5.26 Å². The van der Waals surface area contributed by atoms with Crippen molar-refractivity contribution in [2.45, 2.75) is 25.9 Å². The van der Waals surface area contributed by atoms with Crippen molar-refractivity contribution in [3.8, 4) is 6.07 Å². The summed E-state index contributed by atoms with van der Waals surface area (Å²) < 4.78 is 0. The first-order valence-electron chi connectivity index (χ1n) is 8.29. The largest absolute Gasteiger partial charge is 0.348 e. The molecule has 0 bridgehead atoms. The minimum absolute atomic E-state index is 0.154. The number of nitrogens with zero attached hydrogens (tertiary/aromatic N) is 2. The summed E-state index contributed by atoms with van der Waals surface area (Å²) in [6.07, 6.45) is 1.52. The van der Waals surface area contributed by atoms with E-state index in [1.165, 1.54) is 0 Å². The van der Waals surface area contributed by atoms with Crippen LogP contribution < -0.4 is 5.32 Å². The van der Waals surface area contributed by atoms with E-state index in [0.717, 1.165) is 24.1 Å². The smallest absolute Gasteiger partial charge is 0.251 e. The Balaban J connectivity index is 1.60. The minimum atomic E-state index is -0.154. The van der Waals surface area contributed by atoms with Gasteiger partial charge in [-0.3, -0.25) is 9.59 Å². The fourth-order valence-corrected chi connectivity index (χ4v) is 2.88. The minimum Gasteiger partial charge on any atom is -0.348 e. The van der Waals surface area contributed by atoms with E-state index in [1.807, 2.05) is 35.2 Å². The van der Waals surface area contributed by atoms with Crippen molar-refractivity contribution in [3.05, 3.63) is 70.8 Å². The van der Waals surface area contributed by atoms with Gasteiger partial charge in [0.15, 0.2) is 0 Å². The van der Waals surface area contributed by atoms with Gasteiger partial charge in [-0.15, -0.1) is 0 Å². The molecule has 126 valence electrons. The Hall–Kier alpha value is -3.13. The molecule has 3 rings (SSSR count). The molecule has 1 aliphatic heterocycles. The highest BCUT2D eigenvalue weighted by Crippen LogP contribution is 2.15. The van der Waals surface area contributed by atoms with E-state index in [1.54, 1.807) is 18.2 Å². The van der Waals surface area contributed by atoms with E-state index in [2.05, 4.69) is 11.4 Å². The van der Waals surface area contributed by atoms with Gasteiger partial charge in [0.1, 0.15) is 0 Å². The van der Waals surface area contributed by atoms with Crippen molar-refractivity contribution in [2.24, 2.45) is 0 Å². The van der Waals surface area contributed by atoms with Gasteiger partial charge in [0, 0.05) is 31.6 Å². The number of carbonyl (C=O) groups excluding carboxylic acids is 2. The molecule has 1 N–H and O–H groups in total. The SMILES string of the molecule is N#Cc1ccc(CNC(=O)c2cccc(CN3CCCC3=O)c2)cc1. The Bertz CT molecular complexity index is 822. The van der Waals surface area contributed by atoms with Crippen molar-refractivity contribution >= 4 is 11.8 Å². The van der Waals surface area contributed by atoms with Crippen LogP contribution in [0.2, 0.25) is 0 Å². The summed E-state index contributed by atoms with van der Waals surface area (Å²) in [7, 11) is 0. The van der Waals surface area contributed by atoms with Crippen molar-refractivity contribution in [2.75, 3.05) is 6.54 Å². The average Bonchev–Trinajstić information content (AvgIpc) is 3.05. The molecule has 0 radical (unpaired) electrons. The highest BCUT2D eigenvalue weighted by molar-refractivity contribution is 5.94. The molecule has 1 saturated heterocycles. The van der Waals surface area contributed by atoms with Crippen LogP contribution in [0.15, 0.2) is 48.5 Å². The second-order valence-corrected chi connectivity index (χ2v) is 6.11. The lowest BCUT2D eigenvalue weighted by Gasteiger charge is -2.16. The lowest BCUT2D eigenvalue weighted by atomic mass is 10.1. The summed E-state index contributed by atoms with van der Waals surface area (Å²) in [6.45, 7) is 1.74. The fourth-order valence-electron chi connectivity index (χ4n) is 2.88. The number of benzene rings is 2. The molecule has 2 aromatic rings. The zero-order valence-electron chi connectivity index (χ0n) is 13.9. The van der Waals surface area contributed by atoms with Gasteiger partial charge in [-0.25, -0.2) is 0 Å². The second kappa shape index (κ2) is 7.63. The third-order valence-corrected chi connectivity index (χ3v) is 4.27. The molecule has 25 heavy (non-hydrogen) atoms. The molecule has 0 unspecified atom stereocenters. The van der Waals surface area contributed by atoms with Crippen molar-refractivity contribution in [1.29, 1.82) is 5.26 Å². The maximum absolute atomic E-state index is 12.4. The van der Waals surface area contributed by atoms with E-state index in [4.69, 9.17) is 5.26 Å². The third kappa shape index (κ3) is 4.24. The molecular weight excluding hydrogens is 314 g/mol. The molecule has 1 heterocycles. The predicted molar refractivity (Wildman–Crippen MR) is 93.4 cm³/mol. The molecule has 0 saturated carbocycles. The van der Waals surface area contributed by atoms with E-state index >= 15 is 0 Å². The molecule has 0 atom stereocenters. The Labute approximate surface area is 146 Å². The zero-order valence-corrected chi connectivity index (χ0v) is 13.9. The summed E-state index contributed by atoms with van der Waals surface area (Å²) >= 11 is 0. The van der Waals surface area contributed by atoms with Gasteiger partial charge >= 0.3 is 0 Å². The van der Waals surface area contributed by atoms with Gasteiger partial charge in [-0.1, -0.05) is 24.3 Å². The first-order chi connectivity index (χ1) is 12.2. The summed E-state index contributed by atoms with van der Waals surface area (Å²) in [5.41, 5.74) is 3.07. The van der Waals surface area contributed by atoms with Crippen LogP contribution in [0.1, 0.15) is 39.9 Å². The molecule has 0 spiro atoms. The Kier molecular flexibility index (Phi) is 5.10. The van der Waals surface area contributed by atoms with Crippen LogP contribution in [-0.4, -0.2) is 23.3 Å². The summed E-state index contributed by atoms with van der Waals surface area (Å²) in [5, 5.41) is 11.7. The molecule has 5 heteroatoms. The fraction of sp³-hybridized carbons (Fsp3) is 0.250. The van der Waals surface area contributed by atoms with Crippen LogP contribution in [0.3, 0.4) is 0 Å². The van der Waals surface area contributed by atoms with E-state index in [0.29, 0.717) is 30.6 Å². The lowest BCUT2D eigenvalue weighted by Crippen LogP contribution is -2.25. The van der Waals surface area contributed by atoms with Crippen LogP contribution in [0, 0.1) is 11.3 Å². The Morgan fingerprint density at radius 1 is 1.16 bits per heavy atom. The number of carbonyl (C=O) groups is 2. The molecular formula is C20H19N3O2. The molecule has 0 aromatic heterocycles. The molecule has 2 amide bonds. The first kappa shape index (κ1) is 16.7. The quantitative estimate of drug-likeness (QED) is 0.914. The number of hydrogen-bond donors (Lipinski definition) is 1. The predicted octanol–water partition coefficient (Wildman–Crippen LogP) is 2.61. The van der Waals surface area contributed by atoms with Gasteiger partial charge in [0.25, 0.3) is 5.91 Å². The number of rotatable bonds is 5. The van der Waals surface area contributed by atoms with E-state index in [-0.39, 0.29) is 11.8 Å². The van der Waals surface area contributed by atoms with Crippen molar-refractivity contribution < 1.29 is 9.59 Å². The monoisotopic (exact) mass is 333 g/mol. The standard InChI is InChI=1S/C20H19N3O2/c21-12-15-6-8-16(9-7-15)13-22-20(25)18-4-1-3-17(11-18)14-23-10-2-5-19(23)24/h1,3-4,6-9,11H,2,5,10,13-14H2,(H,22,25). The van der Waals surface area contributed by atoms with Crippen LogP contribution in [-0.2, 0) is 17.9 Å². The van der Waals surface area contributed by atoms with Crippen LogP contribution in [0.4, 0.5) is 0 Å². The number of likely N-dealkylation sites (tertiary alicyclic amines) is 1. The van der Waals surface area contributed by atoms with Crippen LogP contribution >= 0.6 is 0 Å². The number of nitriles is 1. The summed E-state index contributed by atoms with van der Waals surface area (Å²) in [6, 6.07) is 16.6. The van der Waals surface area contributed by atoms with Gasteiger partial charge in [-0.05, 0) is 41.8 Å². The third-order valence-electron chi connectivity index (χ3n) is 4.27. The van der Waals surface area contributed by atoms with Crippen LogP contribution in [0.5, 0.6) is 0 Å². The van der Waals surface area contributed by atoms with Gasteiger partial charge < -0.3 is 10.2 Å². The second-order valence-electron chi connectivity index (χ2n) is 6.11. The van der Waals surface area contributed by atoms with Crippen molar-refractivity contribution in [1.82, 2.24) is 10.2 Å².